The van der Waals surface area contributed by atoms with E-state index < -0.39 is 0 Å². The normalized spacial score (nSPS) is 19.7. The third-order valence-corrected chi connectivity index (χ3v) is 3.99. The first-order chi connectivity index (χ1) is 8.66. The first-order valence-electron chi connectivity index (χ1n) is 6.15. The molecular formula is C14H16FNO2. The maximum absolute atomic E-state index is 13.6. The van der Waals surface area contributed by atoms with Gasteiger partial charge >= 0.3 is 0 Å². The van der Waals surface area contributed by atoms with Crippen LogP contribution in [0.2, 0.25) is 0 Å². The molecule has 1 aliphatic rings. The van der Waals surface area contributed by atoms with Crippen LogP contribution in [0, 0.1) is 5.82 Å². The molecule has 18 heavy (non-hydrogen) atoms. The molecule has 0 spiro atoms. The highest BCUT2D eigenvalue weighted by atomic mass is 19.1. The fourth-order valence-corrected chi connectivity index (χ4v) is 2.63. The summed E-state index contributed by atoms with van der Waals surface area (Å²) in [6.45, 7) is 0. The van der Waals surface area contributed by atoms with E-state index in [2.05, 4.69) is 0 Å². The van der Waals surface area contributed by atoms with E-state index >= 15 is 0 Å². The number of furan rings is 1. The van der Waals surface area contributed by atoms with Gasteiger partial charge < -0.3 is 14.9 Å². The van der Waals surface area contributed by atoms with E-state index in [1.165, 1.54) is 6.07 Å². The summed E-state index contributed by atoms with van der Waals surface area (Å²) in [6.07, 6.45) is 2.95. The zero-order chi connectivity index (χ0) is 12.8. The summed E-state index contributed by atoms with van der Waals surface area (Å²) in [6, 6.07) is 6.33. The number of benzene rings is 1. The number of hydrogen-bond acceptors (Lipinski definition) is 3. The smallest absolute Gasteiger partial charge is 0.169 e. The molecule has 4 heteroatoms. The minimum absolute atomic E-state index is 0.272. The van der Waals surface area contributed by atoms with Crippen LogP contribution in [-0.2, 0) is 4.74 Å². The third-order valence-electron chi connectivity index (χ3n) is 3.99. The predicted molar refractivity (Wildman–Crippen MR) is 66.7 cm³/mol. The average molecular weight is 249 g/mol. The second-order valence-electron chi connectivity index (χ2n) is 4.91. The number of halogens is 1. The standard InChI is InChI=1S/C14H16FNO2/c1-17-14(6-3-7-14)13(16)11-8-9-4-2-5-10(15)12(9)18-11/h2,4-5,8,13H,3,6-7,16H2,1H3. The molecule has 3 nitrogen and oxygen atoms in total. The Morgan fingerprint density at radius 3 is 2.78 bits per heavy atom. The van der Waals surface area contributed by atoms with Gasteiger partial charge in [0.15, 0.2) is 11.4 Å². The second-order valence-corrected chi connectivity index (χ2v) is 4.91. The molecule has 3 rings (SSSR count). The van der Waals surface area contributed by atoms with E-state index in [9.17, 15) is 4.39 Å². The van der Waals surface area contributed by atoms with Crippen LogP contribution in [0.3, 0.4) is 0 Å². The number of nitrogens with two attached hydrogens (primary N) is 1. The second kappa shape index (κ2) is 4.07. The van der Waals surface area contributed by atoms with Gasteiger partial charge in [-0.05, 0) is 31.4 Å². The molecule has 96 valence electrons. The molecule has 1 unspecified atom stereocenters. The lowest BCUT2D eigenvalue weighted by molar-refractivity contribution is -0.0947. The van der Waals surface area contributed by atoms with Crippen LogP contribution in [0.15, 0.2) is 28.7 Å². The first kappa shape index (κ1) is 11.7. The fraction of sp³-hybridized carbons (Fsp3) is 0.429. The van der Waals surface area contributed by atoms with E-state index in [0.717, 1.165) is 24.6 Å². The Bertz CT molecular complexity index is 569. The van der Waals surface area contributed by atoms with Crippen molar-refractivity contribution in [2.75, 3.05) is 7.11 Å². The molecular weight excluding hydrogens is 233 g/mol. The largest absolute Gasteiger partial charge is 0.456 e. The van der Waals surface area contributed by atoms with Gasteiger partial charge in [-0.15, -0.1) is 0 Å². The van der Waals surface area contributed by atoms with E-state index in [4.69, 9.17) is 14.9 Å². The van der Waals surface area contributed by atoms with Gasteiger partial charge in [-0.3, -0.25) is 0 Å². The summed E-state index contributed by atoms with van der Waals surface area (Å²) in [5.74, 6) is 0.239. The summed E-state index contributed by atoms with van der Waals surface area (Å²) >= 11 is 0. The Labute approximate surface area is 105 Å². The lowest BCUT2D eigenvalue weighted by atomic mass is 9.74. The van der Waals surface area contributed by atoms with Crippen molar-refractivity contribution in [3.63, 3.8) is 0 Å². The fourth-order valence-electron chi connectivity index (χ4n) is 2.63. The van der Waals surface area contributed by atoms with Gasteiger partial charge in [0.05, 0.1) is 11.6 Å². The molecule has 1 aliphatic carbocycles. The minimum Gasteiger partial charge on any atom is -0.456 e. The molecule has 1 saturated carbocycles. The highest BCUT2D eigenvalue weighted by molar-refractivity contribution is 5.78. The molecule has 1 fully saturated rings. The molecule has 1 atom stereocenters. The molecule has 2 N–H and O–H groups in total. The Balaban J connectivity index is 2.01. The molecule has 1 aromatic carbocycles. The molecule has 1 aromatic heterocycles. The van der Waals surface area contributed by atoms with Crippen molar-refractivity contribution in [1.82, 2.24) is 0 Å². The minimum atomic E-state index is -0.356. The maximum atomic E-state index is 13.6. The van der Waals surface area contributed by atoms with Crippen LogP contribution >= 0.6 is 0 Å². The Morgan fingerprint density at radius 1 is 1.44 bits per heavy atom. The van der Waals surface area contributed by atoms with Gasteiger partial charge in [0.1, 0.15) is 5.76 Å². The lowest BCUT2D eigenvalue weighted by Crippen LogP contribution is -2.48. The summed E-state index contributed by atoms with van der Waals surface area (Å²) < 4.78 is 24.7. The van der Waals surface area contributed by atoms with Crippen LogP contribution in [-0.4, -0.2) is 12.7 Å². The summed E-state index contributed by atoms with van der Waals surface area (Å²) in [5.41, 5.74) is 6.15. The van der Waals surface area contributed by atoms with Crippen molar-refractivity contribution in [2.24, 2.45) is 5.73 Å². The van der Waals surface area contributed by atoms with Crippen LogP contribution in [0.4, 0.5) is 4.39 Å². The Kier molecular flexibility index (Phi) is 2.64. The monoisotopic (exact) mass is 249 g/mol. The zero-order valence-electron chi connectivity index (χ0n) is 10.3. The third kappa shape index (κ3) is 1.56. The van der Waals surface area contributed by atoms with Crippen molar-refractivity contribution in [1.29, 1.82) is 0 Å². The van der Waals surface area contributed by atoms with E-state index in [1.54, 1.807) is 13.2 Å². The number of methoxy groups -OCH3 is 1. The first-order valence-corrected chi connectivity index (χ1v) is 6.15. The van der Waals surface area contributed by atoms with E-state index in [1.807, 2.05) is 12.1 Å². The average Bonchev–Trinajstić information content (AvgIpc) is 2.73. The molecule has 0 amide bonds. The van der Waals surface area contributed by atoms with E-state index in [-0.39, 0.29) is 23.0 Å². The molecule has 0 saturated heterocycles. The highest BCUT2D eigenvalue weighted by Crippen LogP contribution is 2.44. The molecule has 0 bridgehead atoms. The summed E-state index contributed by atoms with van der Waals surface area (Å²) in [5, 5.41) is 0.742. The number of hydrogen-bond donors (Lipinski definition) is 1. The van der Waals surface area contributed by atoms with Crippen LogP contribution in [0.5, 0.6) is 0 Å². The summed E-state index contributed by atoms with van der Waals surface area (Å²) in [7, 11) is 1.67. The molecule has 2 aromatic rings. The van der Waals surface area contributed by atoms with Gasteiger partial charge in [-0.2, -0.15) is 0 Å². The number of fused-ring (bicyclic) bond motifs is 1. The zero-order valence-corrected chi connectivity index (χ0v) is 10.3. The van der Waals surface area contributed by atoms with Crippen LogP contribution in [0.1, 0.15) is 31.1 Å². The number of ether oxygens (including phenoxy) is 1. The number of para-hydroxylation sites is 1. The van der Waals surface area contributed by atoms with Crippen molar-refractivity contribution in [3.05, 3.63) is 35.8 Å². The highest BCUT2D eigenvalue weighted by Gasteiger charge is 2.44. The van der Waals surface area contributed by atoms with Gasteiger partial charge in [-0.1, -0.05) is 12.1 Å². The van der Waals surface area contributed by atoms with Gasteiger partial charge in [0.2, 0.25) is 0 Å². The van der Waals surface area contributed by atoms with Crippen molar-refractivity contribution >= 4 is 11.0 Å². The molecule has 0 aliphatic heterocycles. The quantitative estimate of drug-likeness (QED) is 0.909. The van der Waals surface area contributed by atoms with Crippen LogP contribution in [0.25, 0.3) is 11.0 Å². The Morgan fingerprint density at radius 2 is 2.22 bits per heavy atom. The van der Waals surface area contributed by atoms with Crippen LogP contribution < -0.4 is 5.73 Å². The SMILES string of the molecule is COC1(C(N)c2cc3cccc(F)c3o2)CCC1. The van der Waals surface area contributed by atoms with Gasteiger partial charge in [0.25, 0.3) is 0 Å². The van der Waals surface area contributed by atoms with Crippen molar-refractivity contribution in [2.45, 2.75) is 30.9 Å². The van der Waals surface area contributed by atoms with Gasteiger partial charge in [-0.25, -0.2) is 4.39 Å². The molecule has 1 heterocycles. The summed E-state index contributed by atoms with van der Waals surface area (Å²) in [4.78, 5) is 0. The predicted octanol–water partition coefficient (Wildman–Crippen LogP) is 3.14. The lowest BCUT2D eigenvalue weighted by Gasteiger charge is -2.44. The van der Waals surface area contributed by atoms with Gasteiger partial charge in [0, 0.05) is 12.5 Å². The Hall–Kier alpha value is -1.39. The van der Waals surface area contributed by atoms with Crippen molar-refractivity contribution in [3.8, 4) is 0 Å². The van der Waals surface area contributed by atoms with E-state index in [0.29, 0.717) is 5.76 Å². The topological polar surface area (TPSA) is 48.4 Å². The molecule has 0 radical (unpaired) electrons. The number of rotatable bonds is 3. The maximum Gasteiger partial charge on any atom is 0.169 e. The van der Waals surface area contributed by atoms with Crippen molar-refractivity contribution < 1.29 is 13.5 Å².